The molecular formula is C15H20N4S. The monoisotopic (exact) mass is 288 g/mol. The summed E-state index contributed by atoms with van der Waals surface area (Å²) in [4.78, 5) is 13.6. The maximum Gasteiger partial charge on any atom is 0.194 e. The van der Waals surface area contributed by atoms with E-state index in [0.717, 1.165) is 27.1 Å². The van der Waals surface area contributed by atoms with E-state index in [1.807, 2.05) is 40.1 Å². The summed E-state index contributed by atoms with van der Waals surface area (Å²) >= 11 is 1.52. The molecule has 0 fully saturated rings. The van der Waals surface area contributed by atoms with Gasteiger partial charge in [0.15, 0.2) is 5.16 Å². The molecule has 1 N–H and O–H groups in total. The molecule has 1 atom stereocenters. The quantitative estimate of drug-likeness (QED) is 0.875. The van der Waals surface area contributed by atoms with Crippen molar-refractivity contribution in [3.8, 4) is 0 Å². The summed E-state index contributed by atoms with van der Waals surface area (Å²) in [6.45, 7) is 8.20. The average Bonchev–Trinajstić information content (AvgIpc) is 2.44. The van der Waals surface area contributed by atoms with Crippen LogP contribution in [0.1, 0.15) is 35.5 Å². The second-order valence-corrected chi connectivity index (χ2v) is 5.77. The van der Waals surface area contributed by atoms with Crippen LogP contribution in [0, 0.1) is 20.8 Å². The van der Waals surface area contributed by atoms with E-state index in [-0.39, 0.29) is 6.04 Å². The van der Waals surface area contributed by atoms with Crippen molar-refractivity contribution < 1.29 is 0 Å². The summed E-state index contributed by atoms with van der Waals surface area (Å²) in [5, 5.41) is 4.96. The minimum absolute atomic E-state index is 0.249. The number of aryl methyl sites for hydroxylation is 2. The highest BCUT2D eigenvalue weighted by molar-refractivity contribution is 7.99. The summed E-state index contributed by atoms with van der Waals surface area (Å²) in [6.07, 6.45) is 1.81. The number of nitrogens with zero attached hydrogens (tertiary/aromatic N) is 3. The number of hydrogen-bond acceptors (Lipinski definition) is 5. The van der Waals surface area contributed by atoms with Crippen molar-refractivity contribution in [2.45, 2.75) is 43.9 Å². The molecule has 0 bridgehead atoms. The SMILES string of the molecule is CNC(C)c1cccnc1Sc1nc(C)c(C)c(C)n1. The van der Waals surface area contributed by atoms with E-state index in [1.54, 1.807) is 0 Å². The molecule has 2 aromatic rings. The third-order valence-corrected chi connectivity index (χ3v) is 4.40. The maximum atomic E-state index is 4.55. The van der Waals surface area contributed by atoms with Crippen LogP contribution in [-0.2, 0) is 0 Å². The van der Waals surface area contributed by atoms with E-state index in [1.165, 1.54) is 17.3 Å². The van der Waals surface area contributed by atoms with Crippen LogP contribution in [0.3, 0.4) is 0 Å². The third kappa shape index (κ3) is 3.16. The summed E-state index contributed by atoms with van der Waals surface area (Å²) in [6, 6.07) is 4.29. The number of pyridine rings is 1. The summed E-state index contributed by atoms with van der Waals surface area (Å²) in [7, 11) is 1.95. The van der Waals surface area contributed by atoms with Crippen LogP contribution in [0.5, 0.6) is 0 Å². The minimum atomic E-state index is 0.249. The van der Waals surface area contributed by atoms with Crippen LogP contribution in [0.4, 0.5) is 0 Å². The van der Waals surface area contributed by atoms with Gasteiger partial charge < -0.3 is 5.32 Å². The van der Waals surface area contributed by atoms with Gasteiger partial charge in [0.05, 0.1) is 0 Å². The molecular weight excluding hydrogens is 268 g/mol. The number of nitrogens with one attached hydrogen (secondary N) is 1. The largest absolute Gasteiger partial charge is 0.313 e. The maximum absolute atomic E-state index is 4.55. The van der Waals surface area contributed by atoms with Crippen molar-refractivity contribution in [3.63, 3.8) is 0 Å². The van der Waals surface area contributed by atoms with Crippen molar-refractivity contribution in [2.24, 2.45) is 0 Å². The smallest absolute Gasteiger partial charge is 0.194 e. The Morgan fingerprint density at radius 1 is 1.15 bits per heavy atom. The van der Waals surface area contributed by atoms with Gasteiger partial charge in [-0.1, -0.05) is 6.07 Å². The Morgan fingerprint density at radius 3 is 2.40 bits per heavy atom. The second kappa shape index (κ2) is 6.33. The van der Waals surface area contributed by atoms with Crippen LogP contribution in [0.15, 0.2) is 28.5 Å². The summed E-state index contributed by atoms with van der Waals surface area (Å²) in [5.74, 6) is 0. The van der Waals surface area contributed by atoms with Gasteiger partial charge in [-0.25, -0.2) is 15.0 Å². The van der Waals surface area contributed by atoms with Gasteiger partial charge >= 0.3 is 0 Å². The summed E-state index contributed by atoms with van der Waals surface area (Å²) < 4.78 is 0. The fourth-order valence-corrected chi connectivity index (χ4v) is 2.86. The predicted molar refractivity (Wildman–Crippen MR) is 82.1 cm³/mol. The van der Waals surface area contributed by atoms with Crippen LogP contribution in [0.2, 0.25) is 0 Å². The fraction of sp³-hybridized carbons (Fsp3) is 0.400. The molecule has 0 radical (unpaired) electrons. The Kier molecular flexibility index (Phi) is 4.73. The lowest BCUT2D eigenvalue weighted by atomic mass is 10.1. The molecule has 5 heteroatoms. The first kappa shape index (κ1) is 14.9. The van der Waals surface area contributed by atoms with Crippen LogP contribution in [-0.4, -0.2) is 22.0 Å². The molecule has 0 spiro atoms. The Labute approximate surface area is 124 Å². The Balaban J connectivity index is 2.35. The Bertz CT molecular complexity index is 590. The zero-order chi connectivity index (χ0) is 14.7. The molecule has 0 saturated carbocycles. The predicted octanol–water partition coefficient (Wildman–Crippen LogP) is 3.23. The normalized spacial score (nSPS) is 12.4. The number of aromatic nitrogens is 3. The molecule has 0 saturated heterocycles. The zero-order valence-electron chi connectivity index (χ0n) is 12.6. The lowest BCUT2D eigenvalue weighted by Gasteiger charge is -2.14. The molecule has 2 heterocycles. The molecule has 20 heavy (non-hydrogen) atoms. The van der Waals surface area contributed by atoms with Crippen LogP contribution in [0.25, 0.3) is 0 Å². The molecule has 106 valence electrons. The molecule has 2 rings (SSSR count). The van der Waals surface area contributed by atoms with Crippen molar-refractivity contribution in [3.05, 3.63) is 40.8 Å². The molecule has 0 amide bonds. The zero-order valence-corrected chi connectivity index (χ0v) is 13.4. The standard InChI is InChI=1S/C15H20N4S/c1-9-10(2)18-15(19-11(9)3)20-14-13(12(4)16-5)7-6-8-17-14/h6-8,12,16H,1-5H3. The van der Waals surface area contributed by atoms with Crippen LogP contribution < -0.4 is 5.32 Å². The van der Waals surface area contributed by atoms with Gasteiger partial charge in [-0.3, -0.25) is 0 Å². The van der Waals surface area contributed by atoms with E-state index in [2.05, 4.69) is 33.3 Å². The number of hydrogen-bond donors (Lipinski definition) is 1. The van der Waals surface area contributed by atoms with Gasteiger partial charge in [0.2, 0.25) is 0 Å². The molecule has 0 aliphatic carbocycles. The molecule has 0 aliphatic heterocycles. The first-order valence-electron chi connectivity index (χ1n) is 6.64. The van der Waals surface area contributed by atoms with Crippen molar-refractivity contribution in [1.82, 2.24) is 20.3 Å². The van der Waals surface area contributed by atoms with E-state index >= 15 is 0 Å². The molecule has 4 nitrogen and oxygen atoms in total. The molecule has 0 aliphatic rings. The molecule has 2 aromatic heterocycles. The Hall–Kier alpha value is -1.46. The minimum Gasteiger partial charge on any atom is -0.313 e. The molecule has 0 aromatic carbocycles. The van der Waals surface area contributed by atoms with E-state index in [0.29, 0.717) is 0 Å². The highest BCUT2D eigenvalue weighted by Gasteiger charge is 2.13. The lowest BCUT2D eigenvalue weighted by molar-refractivity contribution is 0.634. The molecule has 1 unspecified atom stereocenters. The van der Waals surface area contributed by atoms with Crippen molar-refractivity contribution >= 4 is 11.8 Å². The van der Waals surface area contributed by atoms with Crippen molar-refractivity contribution in [2.75, 3.05) is 7.05 Å². The van der Waals surface area contributed by atoms with E-state index in [4.69, 9.17) is 0 Å². The van der Waals surface area contributed by atoms with Gasteiger partial charge in [-0.2, -0.15) is 0 Å². The second-order valence-electron chi connectivity index (χ2n) is 4.81. The topological polar surface area (TPSA) is 50.7 Å². The lowest BCUT2D eigenvalue weighted by Crippen LogP contribution is -2.13. The van der Waals surface area contributed by atoms with Crippen LogP contribution >= 0.6 is 11.8 Å². The highest BCUT2D eigenvalue weighted by atomic mass is 32.2. The van der Waals surface area contributed by atoms with Gasteiger partial charge in [0.25, 0.3) is 0 Å². The summed E-state index contributed by atoms with van der Waals surface area (Å²) in [5.41, 5.74) is 4.37. The van der Waals surface area contributed by atoms with Gasteiger partial charge in [0, 0.05) is 29.2 Å². The van der Waals surface area contributed by atoms with Gasteiger partial charge in [-0.05, 0) is 58.1 Å². The van der Waals surface area contributed by atoms with E-state index in [9.17, 15) is 0 Å². The first-order valence-corrected chi connectivity index (χ1v) is 7.46. The van der Waals surface area contributed by atoms with Gasteiger partial charge in [0.1, 0.15) is 5.03 Å². The number of rotatable bonds is 4. The van der Waals surface area contributed by atoms with Gasteiger partial charge in [-0.15, -0.1) is 0 Å². The van der Waals surface area contributed by atoms with Crippen molar-refractivity contribution in [1.29, 1.82) is 0 Å². The first-order chi connectivity index (χ1) is 9.52. The Morgan fingerprint density at radius 2 is 1.80 bits per heavy atom. The van der Waals surface area contributed by atoms with E-state index < -0.39 is 0 Å². The fourth-order valence-electron chi connectivity index (χ4n) is 1.85. The average molecular weight is 288 g/mol. The highest BCUT2D eigenvalue weighted by Crippen LogP contribution is 2.30. The third-order valence-electron chi connectivity index (χ3n) is 3.50.